The highest BCUT2D eigenvalue weighted by Gasteiger charge is 2.41. The van der Waals surface area contributed by atoms with Gasteiger partial charge < -0.3 is 19.7 Å². The van der Waals surface area contributed by atoms with Crippen molar-refractivity contribution in [3.63, 3.8) is 0 Å². The van der Waals surface area contributed by atoms with Crippen molar-refractivity contribution in [2.45, 2.75) is 31.5 Å². The molecule has 0 aliphatic carbocycles. The minimum Gasteiger partial charge on any atom is -0.387 e. The van der Waals surface area contributed by atoms with Gasteiger partial charge in [0.1, 0.15) is 12.2 Å². The van der Waals surface area contributed by atoms with E-state index in [1.807, 2.05) is 0 Å². The van der Waals surface area contributed by atoms with Gasteiger partial charge in [-0.25, -0.2) is 0 Å². The summed E-state index contributed by atoms with van der Waals surface area (Å²) in [6.07, 6.45) is -4.22. The van der Waals surface area contributed by atoms with Gasteiger partial charge in [0.25, 0.3) is 0 Å². The quantitative estimate of drug-likeness (QED) is 0.517. The monoisotopic (exact) mass is 176 g/mol. The number of ether oxygens (including phenoxy) is 2. The van der Waals surface area contributed by atoms with Crippen LogP contribution in [0.5, 0.6) is 0 Å². The zero-order valence-corrected chi connectivity index (χ0v) is 6.93. The third-order valence-corrected chi connectivity index (χ3v) is 1.88. The number of carbonyl (C=O) groups is 1. The van der Waals surface area contributed by atoms with E-state index in [2.05, 4.69) is 4.74 Å². The first-order valence-electron chi connectivity index (χ1n) is 3.66. The van der Waals surface area contributed by atoms with Crippen LogP contribution in [0.4, 0.5) is 0 Å². The molecule has 0 amide bonds. The van der Waals surface area contributed by atoms with Gasteiger partial charge in [0.2, 0.25) is 12.1 Å². The van der Waals surface area contributed by atoms with Gasteiger partial charge in [0.15, 0.2) is 0 Å². The second-order valence-corrected chi connectivity index (χ2v) is 2.75. The Hall–Kier alpha value is -0.490. The Morgan fingerprint density at radius 2 is 2.08 bits per heavy atom. The number of aliphatic hydroxyl groups is 2. The van der Waals surface area contributed by atoms with Crippen molar-refractivity contribution in [3.05, 3.63) is 0 Å². The molecule has 0 radical (unpaired) electrons. The predicted octanol–water partition coefficient (Wildman–Crippen LogP) is -1.33. The lowest BCUT2D eigenvalue weighted by molar-refractivity contribution is -0.224. The molecule has 0 unspecified atom stereocenters. The van der Waals surface area contributed by atoms with Gasteiger partial charge in [-0.15, -0.1) is 0 Å². The molecule has 1 aliphatic rings. The Kier molecular flexibility index (Phi) is 2.79. The Balaban J connectivity index is 2.70. The van der Waals surface area contributed by atoms with E-state index in [-0.39, 0.29) is 0 Å². The number of hydrogen-bond acceptors (Lipinski definition) is 5. The van der Waals surface area contributed by atoms with E-state index in [9.17, 15) is 9.90 Å². The summed E-state index contributed by atoms with van der Waals surface area (Å²) in [4.78, 5) is 11.1. The van der Waals surface area contributed by atoms with E-state index in [0.29, 0.717) is 0 Å². The van der Waals surface area contributed by atoms with E-state index in [4.69, 9.17) is 9.84 Å². The molecule has 5 heteroatoms. The van der Waals surface area contributed by atoms with Crippen molar-refractivity contribution in [2.24, 2.45) is 0 Å². The molecule has 5 nitrogen and oxygen atoms in total. The van der Waals surface area contributed by atoms with E-state index in [1.54, 1.807) is 6.92 Å². The van der Waals surface area contributed by atoms with E-state index >= 15 is 0 Å². The molecule has 0 spiro atoms. The van der Waals surface area contributed by atoms with Crippen LogP contribution in [-0.4, -0.2) is 47.7 Å². The lowest BCUT2D eigenvalue weighted by atomic mass is 10.0. The fourth-order valence-corrected chi connectivity index (χ4v) is 1.08. The first kappa shape index (κ1) is 9.60. The molecule has 0 aromatic carbocycles. The van der Waals surface area contributed by atoms with Gasteiger partial charge in [-0.05, 0) is 6.92 Å². The van der Waals surface area contributed by atoms with Gasteiger partial charge in [-0.3, -0.25) is 4.79 Å². The maximum atomic E-state index is 11.1. The highest BCUT2D eigenvalue weighted by atomic mass is 16.7. The molecule has 0 aromatic rings. The van der Waals surface area contributed by atoms with Crippen LogP contribution in [0, 0.1) is 0 Å². The maximum Gasteiger partial charge on any atom is 0.220 e. The molecule has 4 atom stereocenters. The van der Waals surface area contributed by atoms with Gasteiger partial charge >= 0.3 is 0 Å². The summed E-state index contributed by atoms with van der Waals surface area (Å²) in [5, 5.41) is 18.3. The molecule has 1 fully saturated rings. The Morgan fingerprint density at radius 3 is 2.58 bits per heavy atom. The van der Waals surface area contributed by atoms with Crippen molar-refractivity contribution in [2.75, 3.05) is 7.11 Å². The molecule has 1 saturated heterocycles. The molecule has 0 bridgehead atoms. The summed E-state index contributed by atoms with van der Waals surface area (Å²) in [7, 11) is 1.31. The van der Waals surface area contributed by atoms with E-state index in [1.165, 1.54) is 7.11 Å². The number of ketones is 1. The number of Topliss-reactive ketones (excluding diaryl/α,β-unsaturated/α-hetero) is 1. The fourth-order valence-electron chi connectivity index (χ4n) is 1.08. The van der Waals surface area contributed by atoms with Gasteiger partial charge in [0, 0.05) is 7.11 Å². The SMILES string of the molecule is CO[C@@H]1O[C@@H](C)[C@H](O)[C@@H](O)C1=O. The first-order valence-corrected chi connectivity index (χ1v) is 3.66. The summed E-state index contributed by atoms with van der Waals surface area (Å²) in [5.74, 6) is -0.636. The summed E-state index contributed by atoms with van der Waals surface area (Å²) in [5.41, 5.74) is 0. The van der Waals surface area contributed by atoms with Gasteiger partial charge in [-0.2, -0.15) is 0 Å². The highest BCUT2D eigenvalue weighted by Crippen LogP contribution is 2.17. The van der Waals surface area contributed by atoms with Crippen molar-refractivity contribution in [3.8, 4) is 0 Å². The van der Waals surface area contributed by atoms with Crippen molar-refractivity contribution >= 4 is 5.78 Å². The summed E-state index contributed by atoms with van der Waals surface area (Å²) in [6.45, 7) is 1.56. The van der Waals surface area contributed by atoms with Crippen LogP contribution in [0.3, 0.4) is 0 Å². The normalized spacial score (nSPS) is 43.2. The Morgan fingerprint density at radius 1 is 1.50 bits per heavy atom. The largest absolute Gasteiger partial charge is 0.387 e. The van der Waals surface area contributed by atoms with Crippen molar-refractivity contribution < 1.29 is 24.5 Å². The number of rotatable bonds is 1. The van der Waals surface area contributed by atoms with Crippen LogP contribution in [0.1, 0.15) is 6.92 Å². The lowest BCUT2D eigenvalue weighted by Crippen LogP contribution is -2.54. The minimum atomic E-state index is -1.40. The molecule has 2 N–H and O–H groups in total. The molecule has 0 saturated carbocycles. The topological polar surface area (TPSA) is 76.0 Å². The second-order valence-electron chi connectivity index (χ2n) is 2.75. The van der Waals surface area contributed by atoms with E-state index < -0.39 is 30.4 Å². The molecule has 1 rings (SSSR count). The average Bonchev–Trinajstić information content (AvgIpc) is 2.08. The minimum absolute atomic E-state index is 0.595. The molecule has 1 aliphatic heterocycles. The molecule has 0 aromatic heterocycles. The van der Waals surface area contributed by atoms with Crippen molar-refractivity contribution in [1.82, 2.24) is 0 Å². The predicted molar refractivity (Wildman–Crippen MR) is 38.4 cm³/mol. The van der Waals surface area contributed by atoms with Crippen LogP contribution < -0.4 is 0 Å². The number of hydrogen-bond donors (Lipinski definition) is 2. The van der Waals surface area contributed by atoms with Gasteiger partial charge in [-0.1, -0.05) is 0 Å². The number of methoxy groups -OCH3 is 1. The zero-order valence-electron chi connectivity index (χ0n) is 6.93. The van der Waals surface area contributed by atoms with Crippen LogP contribution in [0.15, 0.2) is 0 Å². The van der Waals surface area contributed by atoms with E-state index in [0.717, 1.165) is 0 Å². The van der Waals surface area contributed by atoms with Crippen LogP contribution in [-0.2, 0) is 14.3 Å². The molecular formula is C7H12O5. The number of carbonyl (C=O) groups excluding carboxylic acids is 1. The Labute approximate surface area is 69.9 Å². The van der Waals surface area contributed by atoms with Crippen LogP contribution >= 0.6 is 0 Å². The third kappa shape index (κ3) is 1.49. The standard InChI is InChI=1S/C7H12O5/c1-3-4(8)5(9)6(10)7(11-2)12-3/h3-5,7-9H,1-2H3/t3-,4-,5+,7+/m0/s1. The van der Waals surface area contributed by atoms with Crippen LogP contribution in [0.2, 0.25) is 0 Å². The Bertz CT molecular complexity index is 177. The highest BCUT2D eigenvalue weighted by molar-refractivity contribution is 5.87. The van der Waals surface area contributed by atoms with Crippen molar-refractivity contribution in [1.29, 1.82) is 0 Å². The van der Waals surface area contributed by atoms with Gasteiger partial charge in [0.05, 0.1) is 6.10 Å². The summed E-state index contributed by atoms with van der Waals surface area (Å²) in [6, 6.07) is 0. The summed E-state index contributed by atoms with van der Waals surface area (Å²) < 4.78 is 9.60. The molecular weight excluding hydrogens is 164 g/mol. The number of aliphatic hydroxyl groups excluding tert-OH is 2. The third-order valence-electron chi connectivity index (χ3n) is 1.88. The van der Waals surface area contributed by atoms with Crippen LogP contribution in [0.25, 0.3) is 0 Å². The lowest BCUT2D eigenvalue weighted by Gasteiger charge is -2.32. The fraction of sp³-hybridized carbons (Fsp3) is 0.857. The smallest absolute Gasteiger partial charge is 0.220 e. The zero-order chi connectivity index (χ0) is 9.30. The summed E-state index contributed by atoms with van der Waals surface area (Å²) >= 11 is 0. The molecule has 1 heterocycles. The average molecular weight is 176 g/mol. The second kappa shape index (κ2) is 3.49. The molecule has 70 valence electrons. The maximum absolute atomic E-state index is 11.1. The molecule has 12 heavy (non-hydrogen) atoms. The first-order chi connectivity index (χ1) is 5.57.